The summed E-state index contributed by atoms with van der Waals surface area (Å²) in [7, 11) is 0. The van der Waals surface area contributed by atoms with Crippen LogP contribution < -0.4 is 10.6 Å². The lowest BCUT2D eigenvalue weighted by molar-refractivity contribution is -0.132. The van der Waals surface area contributed by atoms with Crippen LogP contribution in [0.3, 0.4) is 0 Å². The van der Waals surface area contributed by atoms with Crippen LogP contribution in [0.2, 0.25) is 0 Å². The number of hydrogen-bond acceptors (Lipinski definition) is 2. The Bertz CT molecular complexity index is 701. The van der Waals surface area contributed by atoms with E-state index in [-0.39, 0.29) is 43.0 Å². The molecule has 10 heteroatoms. The SMILES string of the molecule is CCNC(=NCc1ccc(-n2ccnc2)c(F)c1)NCCC(F)(F)F.I. The molecule has 2 N–H and O–H groups in total. The summed E-state index contributed by atoms with van der Waals surface area (Å²) >= 11 is 0. The minimum absolute atomic E-state index is 0. The van der Waals surface area contributed by atoms with Crippen LogP contribution in [0.25, 0.3) is 5.69 Å². The van der Waals surface area contributed by atoms with Crippen LogP contribution in [-0.2, 0) is 6.54 Å². The molecule has 2 aromatic rings. The van der Waals surface area contributed by atoms with Crippen LogP contribution in [0, 0.1) is 5.82 Å². The summed E-state index contributed by atoms with van der Waals surface area (Å²) in [6.45, 7) is 2.18. The fourth-order valence-corrected chi connectivity index (χ4v) is 2.09. The molecule has 0 atom stereocenters. The maximum Gasteiger partial charge on any atom is 0.390 e. The van der Waals surface area contributed by atoms with Gasteiger partial charge in [-0.3, -0.25) is 0 Å². The van der Waals surface area contributed by atoms with Gasteiger partial charge in [-0.05, 0) is 24.6 Å². The van der Waals surface area contributed by atoms with Crippen LogP contribution in [0.5, 0.6) is 0 Å². The van der Waals surface area contributed by atoms with Gasteiger partial charge in [0.2, 0.25) is 0 Å². The van der Waals surface area contributed by atoms with Gasteiger partial charge in [-0.15, -0.1) is 24.0 Å². The Morgan fingerprint density at radius 1 is 1.27 bits per heavy atom. The molecule has 0 amide bonds. The van der Waals surface area contributed by atoms with Gasteiger partial charge < -0.3 is 15.2 Å². The largest absolute Gasteiger partial charge is 0.390 e. The highest BCUT2D eigenvalue weighted by molar-refractivity contribution is 14.0. The monoisotopic (exact) mass is 485 g/mol. The Labute approximate surface area is 165 Å². The number of alkyl halides is 3. The van der Waals surface area contributed by atoms with Gasteiger partial charge in [0, 0.05) is 25.5 Å². The van der Waals surface area contributed by atoms with E-state index < -0.39 is 18.4 Å². The van der Waals surface area contributed by atoms with Crippen molar-refractivity contribution in [3.8, 4) is 5.69 Å². The molecule has 1 aromatic heterocycles. The van der Waals surface area contributed by atoms with Crippen molar-refractivity contribution < 1.29 is 17.6 Å². The van der Waals surface area contributed by atoms with Gasteiger partial charge in [0.25, 0.3) is 0 Å². The van der Waals surface area contributed by atoms with Gasteiger partial charge in [0.05, 0.1) is 25.0 Å². The van der Waals surface area contributed by atoms with Gasteiger partial charge in [-0.1, -0.05) is 6.07 Å². The van der Waals surface area contributed by atoms with E-state index in [0.717, 1.165) is 0 Å². The third kappa shape index (κ3) is 7.18. The molecule has 0 aliphatic rings. The molecule has 0 saturated heterocycles. The third-order valence-corrected chi connectivity index (χ3v) is 3.26. The van der Waals surface area contributed by atoms with E-state index in [0.29, 0.717) is 17.8 Å². The number of aliphatic imine (C=N–C) groups is 1. The van der Waals surface area contributed by atoms with Crippen LogP contribution in [0.1, 0.15) is 18.9 Å². The topological polar surface area (TPSA) is 54.2 Å². The average Bonchev–Trinajstić information content (AvgIpc) is 3.05. The Morgan fingerprint density at radius 2 is 2.04 bits per heavy atom. The molecule has 0 fully saturated rings. The van der Waals surface area contributed by atoms with E-state index in [1.807, 2.05) is 0 Å². The van der Waals surface area contributed by atoms with Gasteiger partial charge in [0.15, 0.2) is 5.96 Å². The Balaban J connectivity index is 0.00000338. The fraction of sp³-hybridized carbons (Fsp3) is 0.375. The van der Waals surface area contributed by atoms with Crippen molar-refractivity contribution in [2.45, 2.75) is 26.1 Å². The molecule has 2 rings (SSSR count). The second-order valence-electron chi connectivity index (χ2n) is 5.24. The van der Waals surface area contributed by atoms with Crippen molar-refractivity contribution in [3.05, 3.63) is 48.3 Å². The quantitative estimate of drug-likeness (QED) is 0.285. The number of hydrogen-bond donors (Lipinski definition) is 2. The van der Waals surface area contributed by atoms with Crippen LogP contribution in [0.4, 0.5) is 17.6 Å². The Morgan fingerprint density at radius 3 is 2.62 bits per heavy atom. The van der Waals surface area contributed by atoms with Crippen LogP contribution in [0.15, 0.2) is 41.9 Å². The number of halogens is 5. The third-order valence-electron chi connectivity index (χ3n) is 3.26. The number of imidazole rings is 1. The van der Waals surface area contributed by atoms with E-state index >= 15 is 0 Å². The van der Waals surface area contributed by atoms with Crippen molar-refractivity contribution >= 4 is 29.9 Å². The summed E-state index contributed by atoms with van der Waals surface area (Å²) in [4.78, 5) is 8.04. The lowest BCUT2D eigenvalue weighted by atomic mass is 10.2. The first-order chi connectivity index (χ1) is 11.9. The minimum Gasteiger partial charge on any atom is -0.357 e. The van der Waals surface area contributed by atoms with Crippen LogP contribution in [-0.4, -0.2) is 34.8 Å². The molecule has 144 valence electrons. The minimum atomic E-state index is -4.23. The number of guanidine groups is 1. The standard InChI is InChI=1S/C16H19F4N5.HI/c1-2-22-15(23-6-5-16(18,19)20)24-10-12-3-4-14(13(17)9-12)25-8-7-21-11-25;/h3-4,7-9,11H,2,5-6,10H2,1H3,(H2,22,23,24);1H. The predicted octanol–water partition coefficient (Wildman–Crippen LogP) is 3.64. The number of aromatic nitrogens is 2. The number of nitrogens with one attached hydrogen (secondary N) is 2. The van der Waals surface area contributed by atoms with Crippen molar-refractivity contribution in [2.24, 2.45) is 4.99 Å². The van der Waals surface area contributed by atoms with E-state index in [2.05, 4.69) is 20.6 Å². The van der Waals surface area contributed by atoms with Gasteiger partial charge in [-0.25, -0.2) is 14.4 Å². The lowest BCUT2D eigenvalue weighted by Crippen LogP contribution is -2.38. The van der Waals surface area contributed by atoms with Crippen molar-refractivity contribution in [1.82, 2.24) is 20.2 Å². The summed E-state index contributed by atoms with van der Waals surface area (Å²) < 4.78 is 52.3. The summed E-state index contributed by atoms with van der Waals surface area (Å²) in [5.41, 5.74) is 0.967. The van der Waals surface area contributed by atoms with E-state index in [1.165, 1.54) is 12.4 Å². The fourth-order valence-electron chi connectivity index (χ4n) is 2.09. The van der Waals surface area contributed by atoms with E-state index in [4.69, 9.17) is 0 Å². The number of nitrogens with zero attached hydrogens (tertiary/aromatic N) is 3. The second-order valence-corrected chi connectivity index (χ2v) is 5.24. The number of benzene rings is 1. The maximum atomic E-state index is 14.2. The van der Waals surface area contributed by atoms with Crippen molar-refractivity contribution in [2.75, 3.05) is 13.1 Å². The lowest BCUT2D eigenvalue weighted by Gasteiger charge is -2.12. The average molecular weight is 485 g/mol. The van der Waals surface area contributed by atoms with E-state index in [1.54, 1.807) is 36.0 Å². The summed E-state index contributed by atoms with van der Waals surface area (Å²) in [6, 6.07) is 4.66. The summed E-state index contributed by atoms with van der Waals surface area (Å²) in [5, 5.41) is 5.46. The van der Waals surface area contributed by atoms with E-state index in [9.17, 15) is 17.6 Å². The first kappa shape index (κ1) is 22.2. The van der Waals surface area contributed by atoms with Gasteiger partial charge in [-0.2, -0.15) is 13.2 Å². The molecule has 0 aliphatic carbocycles. The molecule has 0 bridgehead atoms. The smallest absolute Gasteiger partial charge is 0.357 e. The second kappa shape index (κ2) is 10.3. The van der Waals surface area contributed by atoms with Gasteiger partial charge in [0.1, 0.15) is 5.82 Å². The summed E-state index contributed by atoms with van der Waals surface area (Å²) in [5.74, 6) is -0.174. The van der Waals surface area contributed by atoms with Crippen LogP contribution >= 0.6 is 24.0 Å². The Hall–Kier alpha value is -1.85. The molecule has 1 heterocycles. The molecule has 0 spiro atoms. The molecule has 26 heavy (non-hydrogen) atoms. The van der Waals surface area contributed by atoms with Crippen molar-refractivity contribution in [3.63, 3.8) is 0 Å². The van der Waals surface area contributed by atoms with Crippen molar-refractivity contribution in [1.29, 1.82) is 0 Å². The first-order valence-electron chi connectivity index (χ1n) is 7.74. The molecule has 5 nitrogen and oxygen atoms in total. The zero-order chi connectivity index (χ0) is 18.3. The zero-order valence-corrected chi connectivity index (χ0v) is 16.4. The molecule has 0 aliphatic heterocycles. The molecule has 0 radical (unpaired) electrons. The Kier molecular flexibility index (Phi) is 8.82. The highest BCUT2D eigenvalue weighted by Gasteiger charge is 2.26. The highest BCUT2D eigenvalue weighted by Crippen LogP contribution is 2.18. The highest BCUT2D eigenvalue weighted by atomic mass is 127. The maximum absolute atomic E-state index is 14.2. The predicted molar refractivity (Wildman–Crippen MR) is 102 cm³/mol. The molecule has 1 aromatic carbocycles. The normalized spacial score (nSPS) is 11.8. The molecule has 0 saturated carbocycles. The molecular formula is C16H20F4IN5. The summed E-state index contributed by atoms with van der Waals surface area (Å²) in [6.07, 6.45) is -0.511. The molecular weight excluding hydrogens is 465 g/mol. The first-order valence-corrected chi connectivity index (χ1v) is 7.74. The number of rotatable bonds is 6. The van der Waals surface area contributed by atoms with Gasteiger partial charge >= 0.3 is 6.18 Å². The zero-order valence-electron chi connectivity index (χ0n) is 14.1. The molecule has 0 unspecified atom stereocenters.